The van der Waals surface area contributed by atoms with E-state index in [0.717, 1.165) is 25.1 Å². The number of fused-ring (bicyclic) bond motifs is 1. The van der Waals surface area contributed by atoms with Crippen molar-refractivity contribution >= 4 is 17.7 Å². The molecular weight excluding hydrogens is 256 g/mol. The second-order valence-electron chi connectivity index (χ2n) is 5.33. The molecule has 2 atom stereocenters. The lowest BCUT2D eigenvalue weighted by atomic mass is 9.95. The summed E-state index contributed by atoms with van der Waals surface area (Å²) >= 11 is 1.95. The predicted molar refractivity (Wildman–Crippen MR) is 79.3 cm³/mol. The molecule has 0 bridgehead atoms. The first kappa shape index (κ1) is 13.0. The molecule has 2 heterocycles. The van der Waals surface area contributed by atoms with E-state index in [2.05, 4.69) is 34.9 Å². The predicted octanol–water partition coefficient (Wildman–Crippen LogP) is 1.71. The van der Waals surface area contributed by atoms with Crippen molar-refractivity contribution in [1.29, 1.82) is 0 Å². The number of amides is 1. The van der Waals surface area contributed by atoms with Crippen LogP contribution in [-0.4, -0.2) is 29.5 Å². The zero-order chi connectivity index (χ0) is 13.1. The molecule has 2 aliphatic heterocycles. The summed E-state index contributed by atoms with van der Waals surface area (Å²) in [6.07, 6.45) is 3.15. The van der Waals surface area contributed by atoms with Crippen LogP contribution in [0.1, 0.15) is 24.0 Å². The van der Waals surface area contributed by atoms with E-state index in [9.17, 15) is 4.79 Å². The average Bonchev–Trinajstić information content (AvgIpc) is 2.48. The van der Waals surface area contributed by atoms with Crippen molar-refractivity contribution in [3.8, 4) is 0 Å². The van der Waals surface area contributed by atoms with Gasteiger partial charge in [0.05, 0.1) is 6.04 Å². The lowest BCUT2D eigenvalue weighted by Crippen LogP contribution is -2.51. The molecule has 0 spiro atoms. The fourth-order valence-corrected chi connectivity index (χ4v) is 3.87. The fourth-order valence-electron chi connectivity index (χ4n) is 2.80. The molecule has 0 radical (unpaired) electrons. The Kier molecular flexibility index (Phi) is 4.09. The Labute approximate surface area is 118 Å². The molecule has 1 amide bonds. The Hall–Kier alpha value is -1.00. The van der Waals surface area contributed by atoms with Crippen LogP contribution in [0.15, 0.2) is 24.3 Å². The summed E-state index contributed by atoms with van der Waals surface area (Å²) in [4.78, 5) is 12.3. The lowest BCUT2D eigenvalue weighted by Gasteiger charge is -2.28. The SMILES string of the molecule is O=C(NC1CCCSC1)[C@H]1Cc2ccccc2CN1. The average molecular weight is 276 g/mol. The van der Waals surface area contributed by atoms with Crippen molar-refractivity contribution < 1.29 is 4.79 Å². The van der Waals surface area contributed by atoms with Gasteiger partial charge in [0.25, 0.3) is 0 Å². The number of thioether (sulfide) groups is 1. The smallest absolute Gasteiger partial charge is 0.237 e. The Morgan fingerprint density at radius 1 is 1.32 bits per heavy atom. The molecule has 102 valence electrons. The minimum atomic E-state index is -0.0678. The summed E-state index contributed by atoms with van der Waals surface area (Å²) < 4.78 is 0. The Morgan fingerprint density at radius 2 is 2.16 bits per heavy atom. The van der Waals surface area contributed by atoms with Gasteiger partial charge < -0.3 is 10.6 Å². The second kappa shape index (κ2) is 5.97. The second-order valence-corrected chi connectivity index (χ2v) is 6.48. The summed E-state index contributed by atoms with van der Waals surface area (Å²) in [5.74, 6) is 2.47. The normalized spacial score (nSPS) is 26.5. The van der Waals surface area contributed by atoms with Crippen molar-refractivity contribution in [3.05, 3.63) is 35.4 Å². The van der Waals surface area contributed by atoms with Crippen LogP contribution in [0.5, 0.6) is 0 Å². The molecule has 0 saturated carbocycles. The number of hydrogen-bond acceptors (Lipinski definition) is 3. The molecule has 0 aromatic heterocycles. The Balaban J connectivity index is 1.59. The van der Waals surface area contributed by atoms with E-state index in [0.29, 0.717) is 6.04 Å². The lowest BCUT2D eigenvalue weighted by molar-refractivity contribution is -0.123. The van der Waals surface area contributed by atoms with E-state index < -0.39 is 0 Å². The van der Waals surface area contributed by atoms with Crippen molar-refractivity contribution in [2.45, 2.75) is 37.9 Å². The number of carbonyl (C=O) groups is 1. The molecule has 1 saturated heterocycles. The van der Waals surface area contributed by atoms with Crippen LogP contribution in [0.3, 0.4) is 0 Å². The third-order valence-corrected chi connectivity index (χ3v) is 5.12. The molecule has 4 heteroatoms. The zero-order valence-electron chi connectivity index (χ0n) is 11.0. The number of hydrogen-bond donors (Lipinski definition) is 2. The van der Waals surface area contributed by atoms with Gasteiger partial charge >= 0.3 is 0 Å². The first-order chi connectivity index (χ1) is 9.33. The van der Waals surface area contributed by atoms with Gasteiger partial charge in [0, 0.05) is 18.3 Å². The van der Waals surface area contributed by atoms with Crippen LogP contribution in [0.4, 0.5) is 0 Å². The maximum atomic E-state index is 12.3. The molecule has 1 unspecified atom stereocenters. The monoisotopic (exact) mass is 276 g/mol. The molecule has 2 N–H and O–H groups in total. The minimum absolute atomic E-state index is 0.0678. The molecule has 19 heavy (non-hydrogen) atoms. The number of nitrogens with one attached hydrogen (secondary N) is 2. The molecule has 3 nitrogen and oxygen atoms in total. The highest BCUT2D eigenvalue weighted by molar-refractivity contribution is 7.99. The fraction of sp³-hybridized carbons (Fsp3) is 0.533. The maximum absolute atomic E-state index is 12.3. The van der Waals surface area contributed by atoms with Gasteiger partial charge in [-0.1, -0.05) is 24.3 Å². The van der Waals surface area contributed by atoms with Gasteiger partial charge in [-0.05, 0) is 36.1 Å². The van der Waals surface area contributed by atoms with Gasteiger partial charge in [-0.15, -0.1) is 0 Å². The number of carbonyl (C=O) groups excluding carboxylic acids is 1. The van der Waals surface area contributed by atoms with Crippen LogP contribution in [0.25, 0.3) is 0 Å². The standard InChI is InChI=1S/C15H20N2OS/c18-15(17-13-6-3-7-19-10-13)14-8-11-4-1-2-5-12(11)9-16-14/h1-2,4-5,13-14,16H,3,6-10H2,(H,17,18)/t13?,14-/m1/s1. The largest absolute Gasteiger partial charge is 0.351 e. The molecule has 1 fully saturated rings. The van der Waals surface area contributed by atoms with E-state index in [1.54, 1.807) is 0 Å². The van der Waals surface area contributed by atoms with E-state index >= 15 is 0 Å². The highest BCUT2D eigenvalue weighted by Gasteiger charge is 2.26. The van der Waals surface area contributed by atoms with E-state index in [-0.39, 0.29) is 11.9 Å². The number of rotatable bonds is 2. The quantitative estimate of drug-likeness (QED) is 0.864. The Morgan fingerprint density at radius 3 is 2.95 bits per heavy atom. The molecular formula is C15H20N2OS. The summed E-state index contributed by atoms with van der Waals surface area (Å²) in [6.45, 7) is 0.799. The minimum Gasteiger partial charge on any atom is -0.351 e. The van der Waals surface area contributed by atoms with Gasteiger partial charge in [-0.2, -0.15) is 11.8 Å². The highest BCUT2D eigenvalue weighted by atomic mass is 32.2. The number of benzene rings is 1. The van der Waals surface area contributed by atoms with Gasteiger partial charge in [0.1, 0.15) is 0 Å². The summed E-state index contributed by atoms with van der Waals surface area (Å²) in [7, 11) is 0. The van der Waals surface area contributed by atoms with Gasteiger partial charge in [0.2, 0.25) is 5.91 Å². The van der Waals surface area contributed by atoms with Gasteiger partial charge in [-0.3, -0.25) is 4.79 Å². The maximum Gasteiger partial charge on any atom is 0.237 e. The molecule has 3 rings (SSSR count). The summed E-state index contributed by atoms with van der Waals surface area (Å²) in [5, 5.41) is 6.54. The highest BCUT2D eigenvalue weighted by Crippen LogP contribution is 2.19. The summed E-state index contributed by atoms with van der Waals surface area (Å²) in [6, 6.07) is 8.67. The summed E-state index contributed by atoms with van der Waals surface area (Å²) in [5.41, 5.74) is 2.62. The van der Waals surface area contributed by atoms with Crippen molar-refractivity contribution in [2.75, 3.05) is 11.5 Å². The first-order valence-electron chi connectivity index (χ1n) is 7.01. The van der Waals surface area contributed by atoms with Crippen molar-refractivity contribution in [3.63, 3.8) is 0 Å². The third-order valence-electron chi connectivity index (χ3n) is 3.90. The first-order valence-corrected chi connectivity index (χ1v) is 8.16. The van der Waals surface area contributed by atoms with Crippen LogP contribution < -0.4 is 10.6 Å². The van der Waals surface area contributed by atoms with Crippen LogP contribution in [0.2, 0.25) is 0 Å². The zero-order valence-corrected chi connectivity index (χ0v) is 11.8. The van der Waals surface area contributed by atoms with E-state index in [1.807, 2.05) is 11.8 Å². The van der Waals surface area contributed by atoms with Crippen LogP contribution in [-0.2, 0) is 17.8 Å². The van der Waals surface area contributed by atoms with Gasteiger partial charge in [-0.25, -0.2) is 0 Å². The Bertz CT molecular complexity index is 457. The molecule has 2 aliphatic rings. The molecule has 0 aliphatic carbocycles. The van der Waals surface area contributed by atoms with Gasteiger partial charge in [0.15, 0.2) is 0 Å². The molecule has 1 aromatic rings. The van der Waals surface area contributed by atoms with Crippen LogP contribution in [0, 0.1) is 0 Å². The molecule has 1 aromatic carbocycles. The van der Waals surface area contributed by atoms with Crippen molar-refractivity contribution in [1.82, 2.24) is 10.6 Å². The topological polar surface area (TPSA) is 41.1 Å². The van der Waals surface area contributed by atoms with Crippen LogP contribution >= 0.6 is 11.8 Å². The third kappa shape index (κ3) is 3.12. The van der Waals surface area contributed by atoms with E-state index in [4.69, 9.17) is 0 Å². The van der Waals surface area contributed by atoms with Crippen molar-refractivity contribution in [2.24, 2.45) is 0 Å². The van der Waals surface area contributed by atoms with E-state index in [1.165, 1.54) is 23.3 Å².